The number of carboxylic acid groups (broad SMARTS) is 1. The number of hydrogen-bond acceptors (Lipinski definition) is 3. The van der Waals surface area contributed by atoms with Crippen molar-refractivity contribution in [3.05, 3.63) is 18.2 Å². The fraction of sp³-hybridized carbons (Fsp3) is 0.583. The number of aromatic nitrogens is 2. The molecule has 6 heteroatoms. The number of aliphatic carboxylic acids is 1. The Hall–Kier alpha value is -1.85. The molecule has 1 saturated heterocycles. The lowest BCUT2D eigenvalue weighted by atomic mass is 10.0. The van der Waals surface area contributed by atoms with Gasteiger partial charge < -0.3 is 14.6 Å². The molecule has 1 fully saturated rings. The van der Waals surface area contributed by atoms with Crippen LogP contribution in [0.2, 0.25) is 0 Å². The Morgan fingerprint density at radius 3 is 2.94 bits per heavy atom. The first-order chi connectivity index (χ1) is 8.56. The van der Waals surface area contributed by atoms with E-state index in [0.29, 0.717) is 31.1 Å². The number of carbonyl (C=O) groups is 2. The molecule has 1 N–H and O–H groups in total. The average Bonchev–Trinajstić information content (AvgIpc) is 2.94. The Morgan fingerprint density at radius 1 is 1.56 bits per heavy atom. The zero-order valence-electron chi connectivity index (χ0n) is 10.4. The number of rotatable bonds is 4. The Kier molecular flexibility index (Phi) is 3.64. The van der Waals surface area contributed by atoms with Crippen LogP contribution < -0.4 is 0 Å². The highest BCUT2D eigenvalue weighted by Gasteiger charge is 2.28. The van der Waals surface area contributed by atoms with Crippen LogP contribution in [0.4, 0.5) is 0 Å². The fourth-order valence-corrected chi connectivity index (χ4v) is 2.27. The molecule has 0 spiro atoms. The molecule has 1 amide bonds. The molecule has 1 aromatic heterocycles. The zero-order chi connectivity index (χ0) is 13.1. The van der Waals surface area contributed by atoms with Gasteiger partial charge in [0, 0.05) is 32.8 Å². The van der Waals surface area contributed by atoms with Gasteiger partial charge >= 0.3 is 5.97 Å². The van der Waals surface area contributed by atoms with Gasteiger partial charge in [0.15, 0.2) is 0 Å². The second-order valence-corrected chi connectivity index (χ2v) is 4.76. The van der Waals surface area contributed by atoms with E-state index in [4.69, 9.17) is 5.11 Å². The van der Waals surface area contributed by atoms with Crippen LogP contribution in [0.25, 0.3) is 0 Å². The van der Waals surface area contributed by atoms with Crippen molar-refractivity contribution in [3.63, 3.8) is 0 Å². The molecule has 1 atom stereocenters. The molecule has 0 bridgehead atoms. The van der Waals surface area contributed by atoms with Gasteiger partial charge in [-0.25, -0.2) is 4.98 Å². The summed E-state index contributed by atoms with van der Waals surface area (Å²) in [6.45, 7) is 1.34. The molecule has 98 valence electrons. The standard InChI is InChI=1S/C12H17N3O3/c1-14-7-10(13-8-14)12(18)15-5-4-9(6-15)2-3-11(16)17/h7-9H,2-6H2,1H3,(H,16,17). The molecule has 6 nitrogen and oxygen atoms in total. The van der Waals surface area contributed by atoms with Crippen molar-refractivity contribution in [2.24, 2.45) is 13.0 Å². The van der Waals surface area contributed by atoms with Gasteiger partial charge in [-0.3, -0.25) is 9.59 Å². The van der Waals surface area contributed by atoms with Crippen LogP contribution in [-0.4, -0.2) is 44.5 Å². The Balaban J connectivity index is 1.88. The number of carbonyl (C=O) groups excluding carboxylic acids is 1. The maximum Gasteiger partial charge on any atom is 0.303 e. The number of aryl methyl sites for hydroxylation is 1. The smallest absolute Gasteiger partial charge is 0.303 e. The molecule has 1 unspecified atom stereocenters. The normalized spacial score (nSPS) is 19.2. The van der Waals surface area contributed by atoms with Crippen molar-refractivity contribution in [1.29, 1.82) is 0 Å². The van der Waals surface area contributed by atoms with Crippen LogP contribution in [0.15, 0.2) is 12.5 Å². The topological polar surface area (TPSA) is 75.4 Å². The number of hydrogen-bond donors (Lipinski definition) is 1. The third-order valence-corrected chi connectivity index (χ3v) is 3.26. The van der Waals surface area contributed by atoms with Crippen molar-refractivity contribution in [2.75, 3.05) is 13.1 Å². The first-order valence-corrected chi connectivity index (χ1v) is 6.05. The molecular formula is C12H17N3O3. The van der Waals surface area contributed by atoms with Gasteiger partial charge in [0.05, 0.1) is 6.33 Å². The second kappa shape index (κ2) is 5.20. The van der Waals surface area contributed by atoms with E-state index in [0.717, 1.165) is 6.42 Å². The highest BCUT2D eigenvalue weighted by Crippen LogP contribution is 2.22. The third kappa shape index (κ3) is 2.88. The van der Waals surface area contributed by atoms with Crippen LogP contribution in [0.1, 0.15) is 29.8 Å². The van der Waals surface area contributed by atoms with Crippen LogP contribution in [0.3, 0.4) is 0 Å². The highest BCUT2D eigenvalue weighted by atomic mass is 16.4. The fourth-order valence-electron chi connectivity index (χ4n) is 2.27. The van der Waals surface area contributed by atoms with Gasteiger partial charge in [0.1, 0.15) is 5.69 Å². The lowest BCUT2D eigenvalue weighted by Gasteiger charge is -2.14. The van der Waals surface area contributed by atoms with Crippen LogP contribution in [0.5, 0.6) is 0 Å². The van der Waals surface area contributed by atoms with Crippen molar-refractivity contribution >= 4 is 11.9 Å². The largest absolute Gasteiger partial charge is 0.481 e. The summed E-state index contributed by atoms with van der Waals surface area (Å²) in [4.78, 5) is 28.4. The van der Waals surface area contributed by atoms with Gasteiger partial charge in [-0.1, -0.05) is 0 Å². The van der Waals surface area contributed by atoms with Crippen molar-refractivity contribution < 1.29 is 14.7 Å². The van der Waals surface area contributed by atoms with Gasteiger partial charge in [0.2, 0.25) is 0 Å². The van der Waals surface area contributed by atoms with Crippen molar-refractivity contribution in [3.8, 4) is 0 Å². The third-order valence-electron chi connectivity index (χ3n) is 3.26. The number of likely N-dealkylation sites (tertiary alicyclic amines) is 1. The van der Waals surface area contributed by atoms with E-state index in [1.807, 2.05) is 7.05 Å². The van der Waals surface area contributed by atoms with E-state index in [1.54, 1.807) is 22.0 Å². The van der Waals surface area contributed by atoms with Gasteiger partial charge in [0.25, 0.3) is 5.91 Å². The molecule has 0 aliphatic carbocycles. The zero-order valence-corrected chi connectivity index (χ0v) is 10.4. The lowest BCUT2D eigenvalue weighted by molar-refractivity contribution is -0.137. The highest BCUT2D eigenvalue weighted by molar-refractivity contribution is 5.92. The number of nitrogens with zero attached hydrogens (tertiary/aromatic N) is 3. The Labute approximate surface area is 105 Å². The number of imidazole rings is 1. The first-order valence-electron chi connectivity index (χ1n) is 6.05. The Bertz CT molecular complexity index is 455. The van der Waals surface area contributed by atoms with E-state index in [2.05, 4.69) is 4.98 Å². The monoisotopic (exact) mass is 251 g/mol. The summed E-state index contributed by atoms with van der Waals surface area (Å²) in [5.74, 6) is -0.535. The number of amides is 1. The number of carboxylic acids is 1. The molecule has 1 aliphatic rings. The predicted octanol–water partition coefficient (Wildman–Crippen LogP) is 0.747. The maximum atomic E-state index is 12.1. The molecule has 2 rings (SSSR count). The summed E-state index contributed by atoms with van der Waals surface area (Å²) in [7, 11) is 1.82. The second-order valence-electron chi connectivity index (χ2n) is 4.76. The minimum atomic E-state index is -0.774. The predicted molar refractivity (Wildman–Crippen MR) is 64.1 cm³/mol. The van der Waals surface area contributed by atoms with E-state index >= 15 is 0 Å². The summed E-state index contributed by atoms with van der Waals surface area (Å²) >= 11 is 0. The SMILES string of the molecule is Cn1cnc(C(=O)N2CCC(CCC(=O)O)C2)c1. The molecule has 18 heavy (non-hydrogen) atoms. The van der Waals surface area contributed by atoms with Crippen molar-refractivity contribution in [2.45, 2.75) is 19.3 Å². The molecule has 0 aromatic carbocycles. The summed E-state index contributed by atoms with van der Waals surface area (Å²) in [6, 6.07) is 0. The molecule has 1 aliphatic heterocycles. The summed E-state index contributed by atoms with van der Waals surface area (Å²) in [6.07, 6.45) is 5.00. The average molecular weight is 251 g/mol. The van der Waals surface area contributed by atoms with Crippen LogP contribution in [-0.2, 0) is 11.8 Å². The van der Waals surface area contributed by atoms with Gasteiger partial charge in [-0.15, -0.1) is 0 Å². The quantitative estimate of drug-likeness (QED) is 0.856. The van der Waals surface area contributed by atoms with Gasteiger partial charge in [-0.2, -0.15) is 0 Å². The summed E-state index contributed by atoms with van der Waals surface area (Å²) < 4.78 is 1.74. The Morgan fingerprint density at radius 2 is 2.33 bits per heavy atom. The summed E-state index contributed by atoms with van der Waals surface area (Å²) in [5, 5.41) is 8.64. The molecule has 0 radical (unpaired) electrons. The first kappa shape index (κ1) is 12.6. The van der Waals surface area contributed by atoms with Crippen molar-refractivity contribution in [1.82, 2.24) is 14.5 Å². The van der Waals surface area contributed by atoms with E-state index in [9.17, 15) is 9.59 Å². The van der Waals surface area contributed by atoms with Crippen LogP contribution >= 0.6 is 0 Å². The minimum absolute atomic E-state index is 0.0616. The van der Waals surface area contributed by atoms with E-state index in [-0.39, 0.29) is 12.3 Å². The molecule has 1 aromatic rings. The summed E-state index contributed by atoms with van der Waals surface area (Å²) in [5.41, 5.74) is 0.455. The van der Waals surface area contributed by atoms with E-state index < -0.39 is 5.97 Å². The minimum Gasteiger partial charge on any atom is -0.481 e. The van der Waals surface area contributed by atoms with Gasteiger partial charge in [-0.05, 0) is 18.8 Å². The molecule has 2 heterocycles. The molecular weight excluding hydrogens is 234 g/mol. The lowest BCUT2D eigenvalue weighted by Crippen LogP contribution is -2.29. The maximum absolute atomic E-state index is 12.1. The van der Waals surface area contributed by atoms with Crippen LogP contribution in [0, 0.1) is 5.92 Å². The molecule has 0 saturated carbocycles. The van der Waals surface area contributed by atoms with E-state index in [1.165, 1.54) is 0 Å².